The molecule has 1 atom stereocenters. The van der Waals surface area contributed by atoms with E-state index >= 15 is 0 Å². The van der Waals surface area contributed by atoms with E-state index in [9.17, 15) is 9.59 Å². The molecule has 0 amide bonds. The van der Waals surface area contributed by atoms with E-state index in [1.807, 2.05) is 0 Å². The lowest BCUT2D eigenvalue weighted by molar-refractivity contribution is -0.163. The molecule has 0 N–H and O–H groups in total. The first-order valence-corrected chi connectivity index (χ1v) is 27.7. The zero-order valence-electron chi connectivity index (χ0n) is 44.1. The van der Waals surface area contributed by atoms with Gasteiger partial charge in [-0.2, -0.15) is 0 Å². The van der Waals surface area contributed by atoms with Crippen LogP contribution in [0.4, 0.5) is 0 Å². The number of hydrogen-bond acceptors (Lipinski definition) is 5. The van der Waals surface area contributed by atoms with Crippen molar-refractivity contribution in [3.63, 3.8) is 0 Å². The highest BCUT2D eigenvalue weighted by atomic mass is 16.6. The predicted octanol–water partition coefficient (Wildman–Crippen LogP) is 19.1. The number of carbonyl (C=O) groups is 2. The summed E-state index contributed by atoms with van der Waals surface area (Å²) in [5.41, 5.74) is 0. The molecular weight excluding hydrogens is 837 g/mol. The molecule has 1 unspecified atom stereocenters. The van der Waals surface area contributed by atoms with Gasteiger partial charge in [0.25, 0.3) is 0 Å². The SMILES string of the molecule is CC/C=C\C/C=C\C/C=C\C/C=C\CCCCCCCCCOCC(COC(=O)CCCCCCCC/C=C\C/C=C\C/C=C\C/C=C\CC)OC(=O)CCCCC/C=C\C/C=C\C/C=C\CC. The van der Waals surface area contributed by atoms with E-state index in [1.165, 1.54) is 51.4 Å². The number of esters is 2. The molecule has 0 fully saturated rings. The fourth-order valence-electron chi connectivity index (χ4n) is 7.15. The topological polar surface area (TPSA) is 61.8 Å². The summed E-state index contributed by atoms with van der Waals surface area (Å²) in [6, 6.07) is 0. The molecule has 0 aliphatic heterocycles. The maximum atomic E-state index is 12.8. The molecule has 0 spiro atoms. The van der Waals surface area contributed by atoms with Crippen LogP contribution in [0.2, 0.25) is 0 Å². The zero-order valence-corrected chi connectivity index (χ0v) is 44.1. The lowest BCUT2D eigenvalue weighted by Crippen LogP contribution is -2.30. The van der Waals surface area contributed by atoms with Gasteiger partial charge in [0.05, 0.1) is 6.61 Å². The molecule has 0 aliphatic rings. The Labute approximate surface area is 419 Å². The summed E-state index contributed by atoms with van der Waals surface area (Å²) in [5, 5.41) is 0. The first-order chi connectivity index (χ1) is 33.6. The minimum atomic E-state index is -0.574. The molecular formula is C63H102O5. The fraction of sp³-hybridized carbons (Fsp3) is 0.619. The average molecular weight is 940 g/mol. The maximum Gasteiger partial charge on any atom is 0.306 e. The van der Waals surface area contributed by atoms with Gasteiger partial charge in [-0.05, 0) is 128 Å². The molecule has 384 valence electrons. The van der Waals surface area contributed by atoms with Crippen LogP contribution in [0.1, 0.15) is 226 Å². The normalized spacial score (nSPS) is 13.3. The van der Waals surface area contributed by atoms with Crippen LogP contribution in [0.5, 0.6) is 0 Å². The molecule has 0 saturated carbocycles. The first-order valence-electron chi connectivity index (χ1n) is 27.7. The molecule has 0 aromatic rings. The molecule has 0 bridgehead atoms. The lowest BCUT2D eigenvalue weighted by Gasteiger charge is -2.18. The van der Waals surface area contributed by atoms with Gasteiger partial charge in [0, 0.05) is 19.4 Å². The van der Waals surface area contributed by atoms with Crippen LogP contribution in [0.15, 0.2) is 134 Å². The quantitative estimate of drug-likeness (QED) is 0.0345. The van der Waals surface area contributed by atoms with Gasteiger partial charge in [-0.25, -0.2) is 0 Å². The van der Waals surface area contributed by atoms with Crippen molar-refractivity contribution in [2.75, 3.05) is 19.8 Å². The van der Waals surface area contributed by atoms with Gasteiger partial charge < -0.3 is 14.2 Å². The van der Waals surface area contributed by atoms with Crippen LogP contribution in [0, 0.1) is 0 Å². The Morgan fingerprint density at radius 3 is 1.00 bits per heavy atom. The van der Waals surface area contributed by atoms with Gasteiger partial charge in [0.1, 0.15) is 6.61 Å². The molecule has 0 aromatic carbocycles. The average Bonchev–Trinajstić information content (AvgIpc) is 3.34. The minimum absolute atomic E-state index is 0.0525. The van der Waals surface area contributed by atoms with Crippen LogP contribution in [-0.4, -0.2) is 37.9 Å². The van der Waals surface area contributed by atoms with Gasteiger partial charge in [-0.15, -0.1) is 0 Å². The summed E-state index contributed by atoms with van der Waals surface area (Å²) in [4.78, 5) is 25.5. The summed E-state index contributed by atoms with van der Waals surface area (Å²) in [7, 11) is 0. The van der Waals surface area contributed by atoms with Crippen molar-refractivity contribution in [1.29, 1.82) is 0 Å². The van der Waals surface area contributed by atoms with E-state index in [0.29, 0.717) is 19.4 Å². The highest BCUT2D eigenvalue weighted by Crippen LogP contribution is 2.13. The van der Waals surface area contributed by atoms with Crippen molar-refractivity contribution in [3.8, 4) is 0 Å². The second-order valence-electron chi connectivity index (χ2n) is 17.7. The van der Waals surface area contributed by atoms with Gasteiger partial charge >= 0.3 is 11.9 Å². The summed E-state index contributed by atoms with van der Waals surface area (Å²) in [6.45, 7) is 7.41. The van der Waals surface area contributed by atoms with Crippen molar-refractivity contribution in [2.45, 2.75) is 232 Å². The number of unbranched alkanes of at least 4 members (excludes halogenated alkanes) is 16. The molecule has 5 nitrogen and oxygen atoms in total. The van der Waals surface area contributed by atoms with E-state index in [0.717, 1.165) is 141 Å². The third-order valence-electron chi connectivity index (χ3n) is 11.2. The largest absolute Gasteiger partial charge is 0.462 e. The Bertz CT molecular complexity index is 1430. The Kier molecular flexibility index (Phi) is 54.0. The second kappa shape index (κ2) is 57.4. The van der Waals surface area contributed by atoms with Crippen LogP contribution in [0.3, 0.4) is 0 Å². The molecule has 68 heavy (non-hydrogen) atoms. The minimum Gasteiger partial charge on any atom is -0.462 e. The third kappa shape index (κ3) is 54.6. The van der Waals surface area contributed by atoms with Crippen molar-refractivity contribution < 1.29 is 23.8 Å². The van der Waals surface area contributed by atoms with Gasteiger partial charge in [0.2, 0.25) is 0 Å². The Morgan fingerprint density at radius 2 is 0.618 bits per heavy atom. The van der Waals surface area contributed by atoms with Gasteiger partial charge in [0.15, 0.2) is 6.10 Å². The van der Waals surface area contributed by atoms with E-state index in [4.69, 9.17) is 14.2 Å². The maximum absolute atomic E-state index is 12.8. The highest BCUT2D eigenvalue weighted by Gasteiger charge is 2.17. The molecule has 0 heterocycles. The summed E-state index contributed by atoms with van der Waals surface area (Å²) < 4.78 is 17.4. The van der Waals surface area contributed by atoms with Gasteiger partial charge in [-0.1, -0.05) is 219 Å². The Morgan fingerprint density at radius 1 is 0.324 bits per heavy atom. The van der Waals surface area contributed by atoms with Crippen molar-refractivity contribution in [3.05, 3.63) is 134 Å². The molecule has 5 heteroatoms. The van der Waals surface area contributed by atoms with Crippen molar-refractivity contribution >= 4 is 11.9 Å². The number of allylic oxidation sites excluding steroid dienone is 22. The number of hydrogen-bond donors (Lipinski definition) is 0. The summed E-state index contributed by atoms with van der Waals surface area (Å²) in [5.74, 6) is -0.461. The van der Waals surface area contributed by atoms with E-state index in [1.54, 1.807) is 0 Å². The first kappa shape index (κ1) is 64.0. The molecule has 0 rings (SSSR count). The van der Waals surface area contributed by atoms with E-state index in [2.05, 4.69) is 154 Å². The van der Waals surface area contributed by atoms with Crippen molar-refractivity contribution in [2.24, 2.45) is 0 Å². The van der Waals surface area contributed by atoms with Crippen LogP contribution >= 0.6 is 0 Å². The number of rotatable bonds is 49. The van der Waals surface area contributed by atoms with Crippen LogP contribution in [-0.2, 0) is 23.8 Å². The number of carbonyl (C=O) groups excluding carboxylic acids is 2. The predicted molar refractivity (Wildman–Crippen MR) is 297 cm³/mol. The smallest absolute Gasteiger partial charge is 0.306 e. The van der Waals surface area contributed by atoms with E-state index in [-0.39, 0.29) is 25.2 Å². The van der Waals surface area contributed by atoms with Crippen molar-refractivity contribution in [1.82, 2.24) is 0 Å². The second-order valence-corrected chi connectivity index (χ2v) is 17.7. The van der Waals surface area contributed by atoms with Crippen LogP contribution in [0.25, 0.3) is 0 Å². The third-order valence-corrected chi connectivity index (χ3v) is 11.2. The number of ether oxygens (including phenoxy) is 3. The van der Waals surface area contributed by atoms with Gasteiger partial charge in [-0.3, -0.25) is 9.59 Å². The fourth-order valence-corrected chi connectivity index (χ4v) is 7.15. The van der Waals surface area contributed by atoms with Crippen LogP contribution < -0.4 is 0 Å². The molecule has 0 aliphatic carbocycles. The summed E-state index contributed by atoms with van der Waals surface area (Å²) in [6.07, 6.45) is 81.8. The zero-order chi connectivity index (χ0) is 49.2. The molecule has 0 saturated heterocycles. The highest BCUT2D eigenvalue weighted by molar-refractivity contribution is 5.70. The lowest BCUT2D eigenvalue weighted by atomic mass is 10.1. The monoisotopic (exact) mass is 939 g/mol. The summed E-state index contributed by atoms with van der Waals surface area (Å²) >= 11 is 0. The molecule has 0 radical (unpaired) electrons. The standard InChI is InChI=1S/C63H102O5/c1-4-7-10-13-16-19-22-25-27-29-31-33-35-37-40-43-46-49-52-55-58-66-59-61(68-63(65)57-54-51-48-45-42-38-24-21-18-15-12-9-6-3)60-67-62(64)56-53-50-47-44-41-39-36-34-32-30-28-26-23-20-17-14-11-8-5-2/h7-12,16-21,25-28,31-34,38,42,61H,4-6,13-15,22-24,29-30,35-37,39-41,43-60H2,1-3H3/b10-7-,11-8-,12-9-,19-16-,20-17-,21-18-,27-25-,28-26-,33-31-,34-32-,42-38-. The Balaban J connectivity index is 4.36. The molecule has 0 aromatic heterocycles. The Hall–Kier alpha value is -3.96. The van der Waals surface area contributed by atoms with E-state index < -0.39 is 6.10 Å².